The number of nitrogens with zero attached hydrogens (tertiary/aromatic N) is 1. The molecular formula is C25H35IN2O8. The van der Waals surface area contributed by atoms with Crippen LogP contribution in [0.25, 0.3) is 0 Å². The number of carbonyl (C=O) groups excluding carboxylic acids is 3. The molecule has 0 radical (unpaired) electrons. The van der Waals surface area contributed by atoms with Gasteiger partial charge in [-0.2, -0.15) is 0 Å². The third-order valence-corrected chi connectivity index (χ3v) is 6.46. The highest BCUT2D eigenvalue weighted by atomic mass is 127. The molecule has 0 aromatic heterocycles. The van der Waals surface area contributed by atoms with Crippen molar-refractivity contribution in [2.45, 2.75) is 58.0 Å². The van der Waals surface area contributed by atoms with Crippen molar-refractivity contribution in [2.75, 3.05) is 33.4 Å². The number of aliphatic hydroxyl groups excluding tert-OH is 2. The fourth-order valence-electron chi connectivity index (χ4n) is 3.95. The van der Waals surface area contributed by atoms with Crippen molar-refractivity contribution in [2.24, 2.45) is 0 Å². The minimum Gasteiger partial charge on any atom is -0.493 e. The van der Waals surface area contributed by atoms with Crippen LogP contribution in [0.1, 0.15) is 44.0 Å². The highest BCUT2D eigenvalue weighted by molar-refractivity contribution is 14.1. The molecule has 2 rings (SSSR count). The first kappa shape index (κ1) is 30.0. The number of aliphatic hydroxyl groups is 2. The number of halogens is 1. The fraction of sp³-hybridized carbons (Fsp3) is 0.560. The molecule has 0 heterocycles. The first-order chi connectivity index (χ1) is 17.1. The Balaban J connectivity index is 2.39. The SMILES string of the molecule is COc1cc(C=O)cc(I)c1OC1C=C(C(=O)NCCO)CC(N(CCCOC(C)C)C(C)=O)C1O. The maximum Gasteiger partial charge on any atom is 0.247 e. The van der Waals surface area contributed by atoms with Crippen molar-refractivity contribution in [3.05, 3.63) is 32.9 Å². The van der Waals surface area contributed by atoms with Gasteiger partial charge in [-0.1, -0.05) is 0 Å². The van der Waals surface area contributed by atoms with Crippen LogP contribution in [0.15, 0.2) is 23.8 Å². The summed E-state index contributed by atoms with van der Waals surface area (Å²) in [4.78, 5) is 38.2. The molecule has 0 fully saturated rings. The molecule has 1 aliphatic carbocycles. The smallest absolute Gasteiger partial charge is 0.247 e. The largest absolute Gasteiger partial charge is 0.493 e. The summed E-state index contributed by atoms with van der Waals surface area (Å²) < 4.78 is 17.7. The third-order valence-electron chi connectivity index (χ3n) is 5.66. The Bertz CT molecular complexity index is 952. The molecule has 11 heteroatoms. The molecule has 3 N–H and O–H groups in total. The molecule has 0 bridgehead atoms. The van der Waals surface area contributed by atoms with Crippen molar-refractivity contribution in [1.82, 2.24) is 10.2 Å². The number of aldehydes is 1. The predicted molar refractivity (Wildman–Crippen MR) is 141 cm³/mol. The minimum absolute atomic E-state index is 0.0571. The van der Waals surface area contributed by atoms with E-state index in [4.69, 9.17) is 19.3 Å². The van der Waals surface area contributed by atoms with Crippen LogP contribution in [0.5, 0.6) is 11.5 Å². The van der Waals surface area contributed by atoms with E-state index in [1.54, 1.807) is 6.07 Å². The number of carbonyl (C=O) groups is 3. The lowest BCUT2D eigenvalue weighted by Crippen LogP contribution is -2.55. The molecule has 0 aliphatic heterocycles. The molecule has 0 spiro atoms. The lowest BCUT2D eigenvalue weighted by molar-refractivity contribution is -0.136. The number of benzene rings is 1. The number of ether oxygens (including phenoxy) is 3. The Hall–Kier alpha value is -2.22. The predicted octanol–water partition coefficient (Wildman–Crippen LogP) is 1.69. The van der Waals surface area contributed by atoms with E-state index in [-0.39, 0.29) is 31.6 Å². The van der Waals surface area contributed by atoms with E-state index in [0.717, 1.165) is 0 Å². The Morgan fingerprint density at radius 3 is 2.64 bits per heavy atom. The summed E-state index contributed by atoms with van der Waals surface area (Å²) >= 11 is 2.00. The first-order valence-electron chi connectivity index (χ1n) is 11.8. The first-order valence-corrected chi connectivity index (χ1v) is 12.9. The van der Waals surface area contributed by atoms with Crippen LogP contribution in [0, 0.1) is 3.57 Å². The van der Waals surface area contributed by atoms with E-state index in [2.05, 4.69) is 5.32 Å². The van der Waals surface area contributed by atoms with Crippen molar-refractivity contribution >= 4 is 40.7 Å². The van der Waals surface area contributed by atoms with Gasteiger partial charge < -0.3 is 34.6 Å². The summed E-state index contributed by atoms with van der Waals surface area (Å²) in [5, 5.41) is 23.0. The zero-order valence-electron chi connectivity index (χ0n) is 21.0. The van der Waals surface area contributed by atoms with Crippen LogP contribution in [-0.2, 0) is 14.3 Å². The van der Waals surface area contributed by atoms with Crippen molar-refractivity contribution in [1.29, 1.82) is 0 Å². The van der Waals surface area contributed by atoms with Gasteiger partial charge >= 0.3 is 0 Å². The topological polar surface area (TPSA) is 135 Å². The normalized spacial score (nSPS) is 19.4. The molecule has 36 heavy (non-hydrogen) atoms. The molecule has 1 aromatic carbocycles. The number of nitrogens with one attached hydrogen (secondary N) is 1. The van der Waals surface area contributed by atoms with Crippen LogP contribution in [0.3, 0.4) is 0 Å². The summed E-state index contributed by atoms with van der Waals surface area (Å²) in [6, 6.07) is 2.41. The molecule has 0 saturated carbocycles. The van der Waals surface area contributed by atoms with Gasteiger partial charge in [-0.3, -0.25) is 14.4 Å². The van der Waals surface area contributed by atoms with Gasteiger partial charge in [0.2, 0.25) is 11.8 Å². The second-order valence-electron chi connectivity index (χ2n) is 8.65. The Labute approximate surface area is 225 Å². The van der Waals surface area contributed by atoms with E-state index in [0.29, 0.717) is 52.1 Å². The summed E-state index contributed by atoms with van der Waals surface area (Å²) in [5.41, 5.74) is 0.726. The van der Waals surface area contributed by atoms with Gasteiger partial charge in [-0.05, 0) is 61.1 Å². The van der Waals surface area contributed by atoms with Crippen molar-refractivity contribution < 1.29 is 38.8 Å². The van der Waals surface area contributed by atoms with E-state index < -0.39 is 24.2 Å². The summed E-state index contributed by atoms with van der Waals surface area (Å²) in [7, 11) is 1.44. The molecule has 200 valence electrons. The molecule has 0 saturated heterocycles. The molecule has 10 nitrogen and oxygen atoms in total. The number of rotatable bonds is 13. The maximum atomic E-state index is 12.8. The highest BCUT2D eigenvalue weighted by Gasteiger charge is 2.40. The van der Waals surface area contributed by atoms with Crippen molar-refractivity contribution in [3.63, 3.8) is 0 Å². The lowest BCUT2D eigenvalue weighted by atomic mass is 9.88. The van der Waals surface area contributed by atoms with Gasteiger partial charge in [0.15, 0.2) is 11.5 Å². The van der Waals surface area contributed by atoms with Crippen molar-refractivity contribution in [3.8, 4) is 11.5 Å². The van der Waals surface area contributed by atoms with Crippen LogP contribution in [-0.4, -0.2) is 91.0 Å². The van der Waals surface area contributed by atoms with Gasteiger partial charge in [0.05, 0.1) is 29.4 Å². The van der Waals surface area contributed by atoms with Gasteiger partial charge in [0, 0.05) is 44.2 Å². The van der Waals surface area contributed by atoms with Gasteiger partial charge in [0.1, 0.15) is 18.5 Å². The Kier molecular flexibility index (Phi) is 12.1. The third kappa shape index (κ3) is 8.15. The van der Waals surface area contributed by atoms with Gasteiger partial charge in [-0.25, -0.2) is 0 Å². The number of hydrogen-bond donors (Lipinski definition) is 3. The number of amides is 2. The molecule has 1 aliphatic rings. The monoisotopic (exact) mass is 618 g/mol. The second-order valence-corrected chi connectivity index (χ2v) is 9.82. The number of hydrogen-bond acceptors (Lipinski definition) is 8. The van der Waals surface area contributed by atoms with Crippen LogP contribution in [0.4, 0.5) is 0 Å². The average Bonchev–Trinajstić information content (AvgIpc) is 2.84. The Morgan fingerprint density at radius 1 is 1.33 bits per heavy atom. The lowest BCUT2D eigenvalue weighted by Gasteiger charge is -2.40. The van der Waals surface area contributed by atoms with Crippen LogP contribution < -0.4 is 14.8 Å². The van der Waals surface area contributed by atoms with E-state index >= 15 is 0 Å². The maximum absolute atomic E-state index is 12.8. The zero-order chi connectivity index (χ0) is 26.8. The molecule has 2 amide bonds. The summed E-state index contributed by atoms with van der Waals surface area (Å²) in [5.74, 6) is -0.0623. The van der Waals surface area contributed by atoms with Gasteiger partial charge in [-0.15, -0.1) is 0 Å². The van der Waals surface area contributed by atoms with E-state index in [1.807, 2.05) is 36.4 Å². The molecule has 1 aromatic rings. The Morgan fingerprint density at radius 2 is 2.06 bits per heavy atom. The second kappa shape index (κ2) is 14.5. The summed E-state index contributed by atoms with van der Waals surface area (Å²) in [6.07, 6.45) is 0.802. The molecule has 3 unspecified atom stereocenters. The standard InChI is InChI=1S/C25H35IN2O8/c1-15(2)35-9-5-7-28(16(3)31)20-12-18(25(33)27-6-8-29)13-21(23(20)32)36-24-19(26)10-17(14-30)11-22(24)34-4/h10-11,13-15,20-21,23,29,32H,5-9,12H2,1-4H3,(H,27,33). The van der Waals surface area contributed by atoms with E-state index in [1.165, 1.54) is 31.1 Å². The van der Waals surface area contributed by atoms with Gasteiger partial charge in [0.25, 0.3) is 0 Å². The van der Waals surface area contributed by atoms with Crippen LogP contribution in [0.2, 0.25) is 0 Å². The van der Waals surface area contributed by atoms with Crippen LogP contribution >= 0.6 is 22.6 Å². The molecular weight excluding hydrogens is 583 g/mol. The molecule has 3 atom stereocenters. The summed E-state index contributed by atoms with van der Waals surface area (Å²) in [6.45, 7) is 5.89. The minimum atomic E-state index is -1.15. The average molecular weight is 618 g/mol. The fourth-order valence-corrected chi connectivity index (χ4v) is 4.70. The van der Waals surface area contributed by atoms with E-state index in [9.17, 15) is 19.5 Å². The number of methoxy groups -OCH3 is 1. The zero-order valence-corrected chi connectivity index (χ0v) is 23.2. The highest BCUT2D eigenvalue weighted by Crippen LogP contribution is 2.36. The quantitative estimate of drug-likeness (QED) is 0.173.